The van der Waals surface area contributed by atoms with Crippen molar-refractivity contribution in [1.82, 2.24) is 20.1 Å². The molecule has 0 bridgehead atoms. The third-order valence-corrected chi connectivity index (χ3v) is 5.11. The van der Waals surface area contributed by atoms with Crippen LogP contribution in [0, 0.1) is 27.7 Å². The Labute approximate surface area is 183 Å². The zero-order valence-corrected chi connectivity index (χ0v) is 18.3. The average molecular weight is 448 g/mol. The molecule has 0 saturated carbocycles. The molecule has 2 aromatic heterocycles. The van der Waals surface area contributed by atoms with E-state index in [-0.39, 0.29) is 49.1 Å². The van der Waals surface area contributed by atoms with Crippen molar-refractivity contribution in [3.63, 3.8) is 0 Å². The van der Waals surface area contributed by atoms with Gasteiger partial charge in [-0.2, -0.15) is 0 Å². The molecule has 0 radical (unpaired) electrons. The molecular weight excluding hydrogens is 424 g/mol. The van der Waals surface area contributed by atoms with Gasteiger partial charge in [0.15, 0.2) is 13.2 Å². The zero-order valence-electron chi connectivity index (χ0n) is 18.3. The van der Waals surface area contributed by atoms with Crippen molar-refractivity contribution in [1.29, 1.82) is 0 Å². The van der Waals surface area contributed by atoms with E-state index in [2.05, 4.69) is 10.3 Å². The van der Waals surface area contributed by atoms with Crippen LogP contribution in [0.1, 0.15) is 43.6 Å². The molecule has 1 aliphatic rings. The van der Waals surface area contributed by atoms with E-state index in [4.69, 9.17) is 18.5 Å². The number of amides is 2. The molecule has 0 aromatic carbocycles. The minimum absolute atomic E-state index is 0.208. The van der Waals surface area contributed by atoms with Crippen molar-refractivity contribution in [3.8, 4) is 0 Å². The van der Waals surface area contributed by atoms with Gasteiger partial charge in [0.25, 0.3) is 11.8 Å². The molecule has 0 atom stereocenters. The maximum atomic E-state index is 12.4. The van der Waals surface area contributed by atoms with Crippen molar-refractivity contribution >= 4 is 23.8 Å². The highest BCUT2D eigenvalue weighted by Gasteiger charge is 2.27. The van der Waals surface area contributed by atoms with Gasteiger partial charge in [-0.15, -0.1) is 0 Å². The summed E-state index contributed by atoms with van der Waals surface area (Å²) >= 11 is 0. The molecule has 172 valence electrons. The largest absolute Gasteiger partial charge is 0.452 e. The number of aromatic nitrogens is 2. The maximum absolute atomic E-state index is 12.4. The van der Waals surface area contributed by atoms with Gasteiger partial charge >= 0.3 is 11.9 Å². The molecule has 0 spiro atoms. The first-order valence-corrected chi connectivity index (χ1v) is 9.94. The Morgan fingerprint density at radius 1 is 0.719 bits per heavy atom. The lowest BCUT2D eigenvalue weighted by atomic mass is 10.2. The van der Waals surface area contributed by atoms with Gasteiger partial charge in [-0.3, -0.25) is 9.59 Å². The first-order valence-electron chi connectivity index (χ1n) is 9.94. The van der Waals surface area contributed by atoms with Crippen LogP contribution >= 0.6 is 0 Å². The van der Waals surface area contributed by atoms with E-state index in [0.29, 0.717) is 22.9 Å². The van der Waals surface area contributed by atoms with Crippen molar-refractivity contribution in [2.24, 2.45) is 0 Å². The fourth-order valence-electron chi connectivity index (χ4n) is 3.34. The summed E-state index contributed by atoms with van der Waals surface area (Å²) < 4.78 is 20.0. The van der Waals surface area contributed by atoms with Gasteiger partial charge in [0.2, 0.25) is 0 Å². The van der Waals surface area contributed by atoms with Crippen LogP contribution in [-0.2, 0) is 19.1 Å². The third-order valence-electron chi connectivity index (χ3n) is 5.11. The average Bonchev–Trinajstić information content (AvgIpc) is 3.29. The van der Waals surface area contributed by atoms with Crippen LogP contribution in [0.2, 0.25) is 0 Å². The fraction of sp³-hybridized carbons (Fsp3) is 0.500. The normalized spacial score (nSPS) is 13.8. The number of carbonyl (C=O) groups excluding carboxylic acids is 4. The number of esters is 2. The van der Waals surface area contributed by atoms with Crippen LogP contribution in [0.3, 0.4) is 0 Å². The smallest absolute Gasteiger partial charge is 0.344 e. The van der Waals surface area contributed by atoms with Gasteiger partial charge < -0.3 is 28.3 Å². The summed E-state index contributed by atoms with van der Waals surface area (Å²) in [6.07, 6.45) is 0. The standard InChI is InChI=1S/C20H24N4O8/c1-11-17(13(3)31-21-11)19(27)29-9-15(25)23-5-7-24(8-6-23)16(26)10-30-20(28)18-12(2)22-32-14(18)4/h5-10H2,1-4H3. The Kier molecular flexibility index (Phi) is 6.91. The molecule has 12 nitrogen and oxygen atoms in total. The van der Waals surface area contributed by atoms with Gasteiger partial charge in [0.1, 0.15) is 22.6 Å². The zero-order chi connectivity index (χ0) is 23.4. The number of ether oxygens (including phenoxy) is 2. The van der Waals surface area contributed by atoms with E-state index in [9.17, 15) is 19.2 Å². The lowest BCUT2D eigenvalue weighted by Crippen LogP contribution is -2.52. The molecule has 3 rings (SSSR count). The highest BCUT2D eigenvalue weighted by atomic mass is 16.5. The van der Waals surface area contributed by atoms with Gasteiger partial charge in [-0.05, 0) is 27.7 Å². The van der Waals surface area contributed by atoms with Gasteiger partial charge in [0.05, 0.1) is 11.4 Å². The van der Waals surface area contributed by atoms with Crippen LogP contribution in [0.25, 0.3) is 0 Å². The van der Waals surface area contributed by atoms with Gasteiger partial charge in [-0.25, -0.2) is 9.59 Å². The molecule has 1 aliphatic heterocycles. The van der Waals surface area contributed by atoms with Crippen molar-refractivity contribution in [2.75, 3.05) is 39.4 Å². The predicted molar refractivity (Wildman–Crippen MR) is 106 cm³/mol. The van der Waals surface area contributed by atoms with Gasteiger partial charge in [-0.1, -0.05) is 10.3 Å². The number of hydrogen-bond donors (Lipinski definition) is 0. The number of piperazine rings is 1. The Hall–Kier alpha value is -3.70. The van der Waals surface area contributed by atoms with Gasteiger partial charge in [0, 0.05) is 26.2 Å². The minimum Gasteiger partial charge on any atom is -0.452 e. The maximum Gasteiger partial charge on any atom is 0.344 e. The van der Waals surface area contributed by atoms with E-state index >= 15 is 0 Å². The second kappa shape index (κ2) is 9.62. The van der Waals surface area contributed by atoms with Crippen LogP contribution in [0.5, 0.6) is 0 Å². The molecule has 0 N–H and O–H groups in total. The summed E-state index contributed by atoms with van der Waals surface area (Å²) in [6.45, 7) is 6.61. The highest BCUT2D eigenvalue weighted by Crippen LogP contribution is 2.15. The first-order chi connectivity index (χ1) is 15.2. The first kappa shape index (κ1) is 23.0. The van der Waals surface area contributed by atoms with Crippen LogP contribution in [-0.4, -0.2) is 83.3 Å². The number of carbonyl (C=O) groups is 4. The Balaban J connectivity index is 1.42. The summed E-state index contributed by atoms with van der Waals surface area (Å²) in [7, 11) is 0. The van der Waals surface area contributed by atoms with Crippen molar-refractivity contribution < 1.29 is 37.7 Å². The highest BCUT2D eigenvalue weighted by molar-refractivity contribution is 5.94. The third kappa shape index (κ3) is 4.95. The number of nitrogens with zero attached hydrogens (tertiary/aromatic N) is 4. The summed E-state index contributed by atoms with van der Waals surface area (Å²) in [5.74, 6) is -1.46. The number of aryl methyl sites for hydroxylation is 4. The van der Waals surface area contributed by atoms with Crippen LogP contribution in [0.4, 0.5) is 0 Å². The van der Waals surface area contributed by atoms with Crippen LogP contribution in [0.15, 0.2) is 9.05 Å². The Bertz CT molecular complexity index is 911. The quantitative estimate of drug-likeness (QED) is 0.575. The lowest BCUT2D eigenvalue weighted by Gasteiger charge is -2.34. The SMILES string of the molecule is Cc1noc(C)c1C(=O)OCC(=O)N1CCN(C(=O)COC(=O)c2c(C)noc2C)CC1. The molecule has 0 unspecified atom stereocenters. The van der Waals surface area contributed by atoms with Crippen LogP contribution < -0.4 is 0 Å². The van der Waals surface area contributed by atoms with Crippen molar-refractivity contribution in [3.05, 3.63) is 34.0 Å². The summed E-state index contributed by atoms with van der Waals surface area (Å²) in [5.41, 5.74) is 1.20. The summed E-state index contributed by atoms with van der Waals surface area (Å²) in [5, 5.41) is 7.36. The number of hydrogen-bond acceptors (Lipinski definition) is 10. The molecule has 1 saturated heterocycles. The molecule has 1 fully saturated rings. The summed E-state index contributed by atoms with van der Waals surface area (Å²) in [4.78, 5) is 52.0. The topological polar surface area (TPSA) is 145 Å². The summed E-state index contributed by atoms with van der Waals surface area (Å²) in [6, 6.07) is 0. The predicted octanol–water partition coefficient (Wildman–Crippen LogP) is 0.581. The monoisotopic (exact) mass is 448 g/mol. The molecule has 3 heterocycles. The molecule has 32 heavy (non-hydrogen) atoms. The molecule has 0 aliphatic carbocycles. The Morgan fingerprint density at radius 3 is 1.34 bits per heavy atom. The fourth-order valence-corrected chi connectivity index (χ4v) is 3.34. The number of rotatable bonds is 6. The van der Waals surface area contributed by atoms with E-state index in [1.807, 2.05) is 0 Å². The van der Waals surface area contributed by atoms with Crippen molar-refractivity contribution in [2.45, 2.75) is 27.7 Å². The van der Waals surface area contributed by atoms with E-state index in [1.165, 1.54) is 9.80 Å². The molecular formula is C20H24N4O8. The lowest BCUT2D eigenvalue weighted by molar-refractivity contribution is -0.142. The molecule has 2 amide bonds. The molecule has 12 heteroatoms. The second-order valence-electron chi connectivity index (χ2n) is 7.31. The molecule has 2 aromatic rings. The van der Waals surface area contributed by atoms with E-state index < -0.39 is 25.2 Å². The van der Waals surface area contributed by atoms with E-state index in [0.717, 1.165) is 0 Å². The second-order valence-corrected chi connectivity index (χ2v) is 7.31. The Morgan fingerprint density at radius 2 is 1.06 bits per heavy atom. The van der Waals surface area contributed by atoms with E-state index in [1.54, 1.807) is 27.7 Å². The minimum atomic E-state index is -0.677.